The summed E-state index contributed by atoms with van der Waals surface area (Å²) in [5, 5.41) is 2.81. The summed E-state index contributed by atoms with van der Waals surface area (Å²) >= 11 is 0. The van der Waals surface area contributed by atoms with E-state index < -0.39 is 16.1 Å². The van der Waals surface area contributed by atoms with Gasteiger partial charge in [0, 0.05) is 13.2 Å². The van der Waals surface area contributed by atoms with Crippen LogP contribution in [0.5, 0.6) is 0 Å². The molecule has 1 aromatic carbocycles. The number of rotatable bonds is 8. The van der Waals surface area contributed by atoms with Gasteiger partial charge in [0.1, 0.15) is 6.04 Å². The van der Waals surface area contributed by atoms with Gasteiger partial charge in [0.2, 0.25) is 15.9 Å². The van der Waals surface area contributed by atoms with Gasteiger partial charge in [0.25, 0.3) is 0 Å². The molecule has 0 bridgehead atoms. The van der Waals surface area contributed by atoms with Crippen molar-refractivity contribution in [1.29, 1.82) is 0 Å². The van der Waals surface area contributed by atoms with Crippen molar-refractivity contribution in [2.75, 3.05) is 24.3 Å². The van der Waals surface area contributed by atoms with Gasteiger partial charge in [-0.3, -0.25) is 9.10 Å². The fourth-order valence-electron chi connectivity index (χ4n) is 2.55. The SMILES string of the molecule is CC[C@H](C(=O)N[C@@H](C)COC)N(c1ccc(C)c(C)c1)S(C)(=O)=O. The van der Waals surface area contributed by atoms with Crippen LogP contribution < -0.4 is 9.62 Å². The van der Waals surface area contributed by atoms with Crippen molar-refractivity contribution in [1.82, 2.24) is 5.32 Å². The van der Waals surface area contributed by atoms with Crippen LogP contribution >= 0.6 is 0 Å². The molecule has 0 aliphatic rings. The Balaban J connectivity index is 3.22. The number of anilines is 1. The Morgan fingerprint density at radius 1 is 1.29 bits per heavy atom. The third-order valence-electron chi connectivity index (χ3n) is 3.88. The quantitative estimate of drug-likeness (QED) is 0.773. The number of nitrogens with zero attached hydrogens (tertiary/aromatic N) is 1. The van der Waals surface area contributed by atoms with E-state index in [2.05, 4.69) is 5.32 Å². The first-order valence-corrected chi connectivity index (χ1v) is 9.82. The molecule has 7 heteroatoms. The van der Waals surface area contributed by atoms with Crippen molar-refractivity contribution in [2.45, 2.75) is 46.2 Å². The number of carbonyl (C=O) groups is 1. The maximum Gasteiger partial charge on any atom is 0.244 e. The predicted molar refractivity (Wildman–Crippen MR) is 96.8 cm³/mol. The number of ether oxygens (including phenoxy) is 1. The highest BCUT2D eigenvalue weighted by atomic mass is 32.2. The zero-order valence-electron chi connectivity index (χ0n) is 15.3. The monoisotopic (exact) mass is 356 g/mol. The summed E-state index contributed by atoms with van der Waals surface area (Å²) in [5.41, 5.74) is 2.55. The molecule has 0 saturated heterocycles. The lowest BCUT2D eigenvalue weighted by molar-refractivity contribution is -0.123. The van der Waals surface area contributed by atoms with Gasteiger partial charge in [-0.05, 0) is 50.5 Å². The van der Waals surface area contributed by atoms with E-state index in [1.54, 1.807) is 26.2 Å². The highest BCUT2D eigenvalue weighted by Gasteiger charge is 2.32. The van der Waals surface area contributed by atoms with Crippen LogP contribution in [0.25, 0.3) is 0 Å². The maximum absolute atomic E-state index is 12.6. The molecule has 0 radical (unpaired) electrons. The number of hydrogen-bond donors (Lipinski definition) is 1. The number of nitrogens with one attached hydrogen (secondary N) is 1. The Hall–Kier alpha value is -1.60. The first-order valence-electron chi connectivity index (χ1n) is 7.97. The molecule has 0 aliphatic heterocycles. The van der Waals surface area contributed by atoms with Gasteiger partial charge in [-0.25, -0.2) is 8.42 Å². The number of hydrogen-bond acceptors (Lipinski definition) is 4. The van der Waals surface area contributed by atoms with Crippen LogP contribution in [0.1, 0.15) is 31.4 Å². The van der Waals surface area contributed by atoms with Gasteiger partial charge in [-0.1, -0.05) is 13.0 Å². The molecule has 1 aromatic rings. The second kappa shape index (κ2) is 8.48. The predicted octanol–water partition coefficient (Wildman–Crippen LogP) is 2.00. The van der Waals surface area contributed by atoms with Gasteiger partial charge < -0.3 is 10.1 Å². The molecule has 0 aliphatic carbocycles. The topological polar surface area (TPSA) is 75.7 Å². The fourth-order valence-corrected chi connectivity index (χ4v) is 3.76. The number of methoxy groups -OCH3 is 1. The van der Waals surface area contributed by atoms with Crippen molar-refractivity contribution in [3.8, 4) is 0 Å². The summed E-state index contributed by atoms with van der Waals surface area (Å²) in [5.74, 6) is -0.328. The van der Waals surface area contributed by atoms with Crippen molar-refractivity contribution < 1.29 is 17.9 Å². The molecule has 6 nitrogen and oxygen atoms in total. The van der Waals surface area contributed by atoms with E-state index in [1.165, 1.54) is 4.31 Å². The molecule has 0 heterocycles. The molecule has 0 saturated carbocycles. The van der Waals surface area contributed by atoms with E-state index in [0.29, 0.717) is 18.7 Å². The molecule has 136 valence electrons. The molecule has 0 fully saturated rings. The largest absolute Gasteiger partial charge is 0.383 e. The summed E-state index contributed by atoms with van der Waals surface area (Å²) in [4.78, 5) is 12.6. The van der Waals surface area contributed by atoms with Gasteiger partial charge >= 0.3 is 0 Å². The number of carbonyl (C=O) groups excluding carboxylic acids is 1. The molecule has 0 unspecified atom stereocenters. The Labute approximate surface area is 145 Å². The van der Waals surface area contributed by atoms with Crippen LogP contribution in [-0.4, -0.2) is 46.4 Å². The molecule has 0 spiro atoms. The van der Waals surface area contributed by atoms with Crippen molar-refractivity contribution in [3.63, 3.8) is 0 Å². The van der Waals surface area contributed by atoms with E-state index in [9.17, 15) is 13.2 Å². The third kappa shape index (κ3) is 5.21. The minimum absolute atomic E-state index is 0.197. The summed E-state index contributed by atoms with van der Waals surface area (Å²) in [6.07, 6.45) is 1.49. The van der Waals surface area contributed by atoms with Crippen molar-refractivity contribution in [2.24, 2.45) is 0 Å². The summed E-state index contributed by atoms with van der Waals surface area (Å²) in [6, 6.07) is 4.39. The zero-order chi connectivity index (χ0) is 18.5. The van der Waals surface area contributed by atoms with Gasteiger partial charge in [0.05, 0.1) is 18.6 Å². The van der Waals surface area contributed by atoms with E-state index in [4.69, 9.17) is 4.74 Å². The smallest absolute Gasteiger partial charge is 0.244 e. The van der Waals surface area contributed by atoms with Gasteiger partial charge in [0.15, 0.2) is 0 Å². The first-order chi connectivity index (χ1) is 11.1. The summed E-state index contributed by atoms with van der Waals surface area (Å²) in [7, 11) is -2.06. The molecule has 2 atom stereocenters. The number of sulfonamides is 1. The molecule has 1 rings (SSSR count). The molecular formula is C17H28N2O4S. The maximum atomic E-state index is 12.6. The zero-order valence-corrected chi connectivity index (χ0v) is 16.1. The molecule has 1 amide bonds. The summed E-state index contributed by atoms with van der Waals surface area (Å²) < 4.78 is 30.9. The Kier molecular flexibility index (Phi) is 7.23. The van der Waals surface area contributed by atoms with Crippen LogP contribution in [0.4, 0.5) is 5.69 Å². The molecule has 24 heavy (non-hydrogen) atoms. The minimum Gasteiger partial charge on any atom is -0.383 e. The second-order valence-corrected chi connectivity index (χ2v) is 7.98. The summed E-state index contributed by atoms with van der Waals surface area (Å²) in [6.45, 7) is 7.85. The van der Waals surface area contributed by atoms with Crippen LogP contribution in [0, 0.1) is 13.8 Å². The molecular weight excluding hydrogens is 328 g/mol. The Morgan fingerprint density at radius 3 is 2.38 bits per heavy atom. The lowest BCUT2D eigenvalue weighted by Crippen LogP contribution is -2.51. The first kappa shape index (κ1) is 20.4. The van der Waals surface area contributed by atoms with Crippen molar-refractivity contribution >= 4 is 21.6 Å². The minimum atomic E-state index is -3.61. The van der Waals surface area contributed by atoms with E-state index in [-0.39, 0.29) is 11.9 Å². The van der Waals surface area contributed by atoms with Crippen LogP contribution in [0.15, 0.2) is 18.2 Å². The van der Waals surface area contributed by atoms with E-state index >= 15 is 0 Å². The Bertz CT molecular complexity index is 673. The highest BCUT2D eigenvalue weighted by molar-refractivity contribution is 7.92. The lowest BCUT2D eigenvalue weighted by Gasteiger charge is -2.31. The number of benzene rings is 1. The second-order valence-electron chi connectivity index (χ2n) is 6.12. The van der Waals surface area contributed by atoms with E-state index in [1.807, 2.05) is 26.8 Å². The van der Waals surface area contributed by atoms with Crippen LogP contribution in [0.3, 0.4) is 0 Å². The lowest BCUT2D eigenvalue weighted by atomic mass is 10.1. The van der Waals surface area contributed by atoms with Gasteiger partial charge in [-0.15, -0.1) is 0 Å². The van der Waals surface area contributed by atoms with Crippen molar-refractivity contribution in [3.05, 3.63) is 29.3 Å². The number of aryl methyl sites for hydroxylation is 2. The fraction of sp³-hybridized carbons (Fsp3) is 0.588. The van der Waals surface area contributed by atoms with Gasteiger partial charge in [-0.2, -0.15) is 0 Å². The standard InChI is InChI=1S/C17H28N2O4S/c1-7-16(17(20)18-14(4)11-23-5)19(24(6,21)22)15-9-8-12(2)13(3)10-15/h8-10,14,16H,7,11H2,1-6H3,(H,18,20)/t14-,16+/m0/s1. The van der Waals surface area contributed by atoms with Crippen LogP contribution in [0.2, 0.25) is 0 Å². The highest BCUT2D eigenvalue weighted by Crippen LogP contribution is 2.25. The van der Waals surface area contributed by atoms with E-state index in [0.717, 1.165) is 17.4 Å². The average Bonchev–Trinajstić information content (AvgIpc) is 2.46. The number of amides is 1. The molecule has 1 N–H and O–H groups in total. The normalized spacial score (nSPS) is 14.1. The average molecular weight is 356 g/mol. The Morgan fingerprint density at radius 2 is 1.92 bits per heavy atom. The molecule has 0 aromatic heterocycles. The third-order valence-corrected chi connectivity index (χ3v) is 5.06. The van der Waals surface area contributed by atoms with Crippen LogP contribution in [-0.2, 0) is 19.6 Å².